The van der Waals surface area contributed by atoms with Crippen LogP contribution in [-0.4, -0.2) is 47.4 Å². The molecule has 2 atom stereocenters. The van der Waals surface area contributed by atoms with Gasteiger partial charge in [-0.25, -0.2) is 4.79 Å². The molecule has 0 radical (unpaired) electrons. The standard InChI is InChI=1S/C14H24N2O4/c1-6-16-8-10(7-11(16)17)12(18)15-9(2)13(19)20-14(3,4)5/h9-10H,6-8H2,1-5H3,(H,15,18)/t9-,10?/m0/s1. The van der Waals surface area contributed by atoms with E-state index in [0.717, 1.165) is 0 Å². The van der Waals surface area contributed by atoms with Gasteiger partial charge in [-0.1, -0.05) is 0 Å². The Kier molecular flexibility index (Phi) is 5.14. The third kappa shape index (κ3) is 4.51. The van der Waals surface area contributed by atoms with Gasteiger partial charge in [0.15, 0.2) is 0 Å². The summed E-state index contributed by atoms with van der Waals surface area (Å²) in [5.41, 5.74) is -0.585. The molecule has 1 aliphatic rings. The molecule has 1 heterocycles. The summed E-state index contributed by atoms with van der Waals surface area (Å²) in [6.07, 6.45) is 0.209. The predicted octanol–water partition coefficient (Wildman–Crippen LogP) is 0.701. The lowest BCUT2D eigenvalue weighted by Gasteiger charge is -2.23. The Balaban J connectivity index is 2.50. The minimum absolute atomic E-state index is 0.0161. The van der Waals surface area contributed by atoms with Crippen LogP contribution < -0.4 is 5.32 Å². The molecule has 1 saturated heterocycles. The minimum Gasteiger partial charge on any atom is -0.458 e. The summed E-state index contributed by atoms with van der Waals surface area (Å²) in [5.74, 6) is -1.14. The number of hydrogen-bond donors (Lipinski definition) is 1. The Labute approximate surface area is 119 Å². The lowest BCUT2D eigenvalue weighted by molar-refractivity contribution is -0.158. The summed E-state index contributed by atoms with van der Waals surface area (Å²) in [6.45, 7) is 9.80. The molecule has 0 aromatic heterocycles. The second kappa shape index (κ2) is 6.24. The van der Waals surface area contributed by atoms with E-state index in [4.69, 9.17) is 4.74 Å². The second-order valence-electron chi connectivity index (χ2n) is 6.10. The highest BCUT2D eigenvalue weighted by Crippen LogP contribution is 2.17. The lowest BCUT2D eigenvalue weighted by atomic mass is 10.1. The third-order valence-electron chi connectivity index (χ3n) is 3.09. The van der Waals surface area contributed by atoms with E-state index in [1.54, 1.807) is 32.6 Å². The molecule has 1 rings (SSSR count). The minimum atomic E-state index is -0.715. The van der Waals surface area contributed by atoms with Crippen LogP contribution in [0, 0.1) is 5.92 Å². The maximum atomic E-state index is 12.0. The maximum absolute atomic E-state index is 12.0. The fraction of sp³-hybridized carbons (Fsp3) is 0.786. The van der Waals surface area contributed by atoms with Crippen LogP contribution in [0.25, 0.3) is 0 Å². The van der Waals surface area contributed by atoms with E-state index >= 15 is 0 Å². The summed E-state index contributed by atoms with van der Waals surface area (Å²) in [6, 6.07) is -0.715. The smallest absolute Gasteiger partial charge is 0.328 e. The van der Waals surface area contributed by atoms with Crippen LogP contribution in [0.4, 0.5) is 0 Å². The molecule has 20 heavy (non-hydrogen) atoms. The van der Waals surface area contributed by atoms with E-state index in [9.17, 15) is 14.4 Å². The Bertz CT molecular complexity index is 400. The van der Waals surface area contributed by atoms with Gasteiger partial charge in [0.25, 0.3) is 0 Å². The Morgan fingerprint density at radius 3 is 2.50 bits per heavy atom. The highest BCUT2D eigenvalue weighted by Gasteiger charge is 2.34. The number of carbonyl (C=O) groups is 3. The zero-order valence-corrected chi connectivity index (χ0v) is 12.9. The molecule has 114 valence electrons. The molecule has 0 spiro atoms. The number of ether oxygens (including phenoxy) is 1. The number of carbonyl (C=O) groups excluding carboxylic acids is 3. The highest BCUT2D eigenvalue weighted by molar-refractivity contribution is 5.91. The molecule has 2 amide bonds. The summed E-state index contributed by atoms with van der Waals surface area (Å²) >= 11 is 0. The second-order valence-corrected chi connectivity index (χ2v) is 6.10. The van der Waals surface area contributed by atoms with Gasteiger partial charge in [0.2, 0.25) is 11.8 Å². The van der Waals surface area contributed by atoms with E-state index in [1.165, 1.54) is 0 Å². The first-order valence-electron chi connectivity index (χ1n) is 6.95. The number of nitrogens with one attached hydrogen (secondary N) is 1. The van der Waals surface area contributed by atoms with Gasteiger partial charge in [-0.3, -0.25) is 9.59 Å². The number of likely N-dealkylation sites (tertiary alicyclic amines) is 1. The van der Waals surface area contributed by atoms with Crippen molar-refractivity contribution in [1.82, 2.24) is 10.2 Å². The summed E-state index contributed by atoms with van der Waals surface area (Å²) in [7, 11) is 0. The van der Waals surface area contributed by atoms with Crippen molar-refractivity contribution in [1.29, 1.82) is 0 Å². The van der Waals surface area contributed by atoms with Crippen molar-refractivity contribution in [2.75, 3.05) is 13.1 Å². The first-order valence-corrected chi connectivity index (χ1v) is 6.95. The quantitative estimate of drug-likeness (QED) is 0.771. The molecule has 1 N–H and O–H groups in total. The van der Waals surface area contributed by atoms with Crippen molar-refractivity contribution in [3.63, 3.8) is 0 Å². The molecule has 0 bridgehead atoms. The normalized spacial score (nSPS) is 20.8. The van der Waals surface area contributed by atoms with Crippen LogP contribution in [0.15, 0.2) is 0 Å². The van der Waals surface area contributed by atoms with Crippen molar-refractivity contribution in [3.05, 3.63) is 0 Å². The Morgan fingerprint density at radius 2 is 2.05 bits per heavy atom. The molecule has 1 unspecified atom stereocenters. The van der Waals surface area contributed by atoms with E-state index in [-0.39, 0.29) is 24.2 Å². The van der Waals surface area contributed by atoms with Crippen molar-refractivity contribution >= 4 is 17.8 Å². The largest absolute Gasteiger partial charge is 0.458 e. The average molecular weight is 284 g/mol. The molecular formula is C14H24N2O4. The fourth-order valence-electron chi connectivity index (χ4n) is 2.03. The van der Waals surface area contributed by atoms with Gasteiger partial charge in [0, 0.05) is 19.5 Å². The highest BCUT2D eigenvalue weighted by atomic mass is 16.6. The van der Waals surface area contributed by atoms with Crippen molar-refractivity contribution in [2.24, 2.45) is 5.92 Å². The lowest BCUT2D eigenvalue weighted by Crippen LogP contribution is -2.45. The summed E-state index contributed by atoms with van der Waals surface area (Å²) < 4.78 is 5.20. The Morgan fingerprint density at radius 1 is 1.45 bits per heavy atom. The van der Waals surface area contributed by atoms with E-state index in [1.807, 2.05) is 6.92 Å². The van der Waals surface area contributed by atoms with E-state index in [0.29, 0.717) is 13.1 Å². The molecule has 0 aliphatic carbocycles. The number of esters is 1. The van der Waals surface area contributed by atoms with Gasteiger partial charge in [-0.2, -0.15) is 0 Å². The average Bonchev–Trinajstić information content (AvgIpc) is 2.68. The van der Waals surface area contributed by atoms with Crippen LogP contribution in [0.1, 0.15) is 41.0 Å². The molecule has 1 aliphatic heterocycles. The molecule has 0 saturated carbocycles. The Hall–Kier alpha value is -1.59. The van der Waals surface area contributed by atoms with Crippen molar-refractivity contribution < 1.29 is 19.1 Å². The fourth-order valence-corrected chi connectivity index (χ4v) is 2.03. The molecule has 6 nitrogen and oxygen atoms in total. The zero-order valence-electron chi connectivity index (χ0n) is 12.9. The van der Waals surface area contributed by atoms with E-state index in [2.05, 4.69) is 5.32 Å². The number of hydrogen-bond acceptors (Lipinski definition) is 4. The number of rotatable bonds is 4. The van der Waals surface area contributed by atoms with E-state index < -0.39 is 17.6 Å². The van der Waals surface area contributed by atoms with Crippen molar-refractivity contribution in [2.45, 2.75) is 52.7 Å². The first-order chi connectivity index (χ1) is 9.14. The molecule has 6 heteroatoms. The number of amides is 2. The van der Waals surface area contributed by atoms with Gasteiger partial charge >= 0.3 is 5.97 Å². The van der Waals surface area contributed by atoms with Crippen LogP contribution in [0.2, 0.25) is 0 Å². The maximum Gasteiger partial charge on any atom is 0.328 e. The van der Waals surface area contributed by atoms with Gasteiger partial charge in [-0.05, 0) is 34.6 Å². The van der Waals surface area contributed by atoms with Gasteiger partial charge in [-0.15, -0.1) is 0 Å². The molecule has 0 aromatic carbocycles. The SMILES string of the molecule is CCN1CC(C(=O)N[C@@H](C)C(=O)OC(C)(C)C)CC1=O. The van der Waals surface area contributed by atoms with Crippen LogP contribution >= 0.6 is 0 Å². The van der Waals surface area contributed by atoms with Gasteiger partial charge in [0.1, 0.15) is 11.6 Å². The third-order valence-corrected chi connectivity index (χ3v) is 3.09. The van der Waals surface area contributed by atoms with Gasteiger partial charge < -0.3 is 15.0 Å². The van der Waals surface area contributed by atoms with Crippen molar-refractivity contribution in [3.8, 4) is 0 Å². The van der Waals surface area contributed by atoms with Crippen LogP contribution in [0.3, 0.4) is 0 Å². The predicted molar refractivity (Wildman–Crippen MR) is 73.8 cm³/mol. The molecular weight excluding hydrogens is 260 g/mol. The zero-order chi connectivity index (χ0) is 15.5. The van der Waals surface area contributed by atoms with Crippen LogP contribution in [-0.2, 0) is 19.1 Å². The molecule has 1 fully saturated rings. The number of nitrogens with zero attached hydrogens (tertiary/aromatic N) is 1. The monoisotopic (exact) mass is 284 g/mol. The topological polar surface area (TPSA) is 75.7 Å². The molecule has 0 aromatic rings. The van der Waals surface area contributed by atoms with Gasteiger partial charge in [0.05, 0.1) is 5.92 Å². The first kappa shape index (κ1) is 16.5. The van der Waals surface area contributed by atoms with Crippen LogP contribution in [0.5, 0.6) is 0 Å². The summed E-state index contributed by atoms with van der Waals surface area (Å²) in [4.78, 5) is 37.0. The summed E-state index contributed by atoms with van der Waals surface area (Å²) in [5, 5.41) is 2.62.